The van der Waals surface area contributed by atoms with Crippen LogP contribution in [0.2, 0.25) is 0 Å². The fourth-order valence-corrected chi connectivity index (χ4v) is 7.56. The zero-order valence-electron chi connectivity index (χ0n) is 20.4. The zero-order chi connectivity index (χ0) is 25.3. The summed E-state index contributed by atoms with van der Waals surface area (Å²) in [6.45, 7) is 6.01. The second-order valence-electron chi connectivity index (χ2n) is 8.95. The van der Waals surface area contributed by atoms with Crippen molar-refractivity contribution in [3.63, 3.8) is 0 Å². The SMILES string of the molecule is COC(=O)c1c(NC(=O)C2CCCN2S(=O)(=O)c2ccc(OC)cc2)sc2c1CCN(C(C)C)C2. The maximum atomic E-state index is 13.4. The molecule has 190 valence electrons. The molecule has 1 aromatic heterocycles. The third-order valence-electron chi connectivity index (χ3n) is 6.62. The number of carbonyl (C=O) groups is 2. The highest BCUT2D eigenvalue weighted by molar-refractivity contribution is 7.89. The van der Waals surface area contributed by atoms with Gasteiger partial charge in [-0.1, -0.05) is 0 Å². The molecule has 1 saturated heterocycles. The van der Waals surface area contributed by atoms with Crippen molar-refractivity contribution in [2.24, 2.45) is 0 Å². The summed E-state index contributed by atoms with van der Waals surface area (Å²) in [4.78, 5) is 29.4. The van der Waals surface area contributed by atoms with Crippen LogP contribution in [0.4, 0.5) is 5.00 Å². The van der Waals surface area contributed by atoms with E-state index in [0.717, 1.165) is 17.0 Å². The lowest BCUT2D eigenvalue weighted by Gasteiger charge is -2.30. The number of methoxy groups -OCH3 is 2. The first kappa shape index (κ1) is 25.6. The first-order valence-corrected chi connectivity index (χ1v) is 13.9. The van der Waals surface area contributed by atoms with E-state index in [1.165, 1.54) is 42.0 Å². The molecule has 1 atom stereocenters. The van der Waals surface area contributed by atoms with Gasteiger partial charge in [-0.25, -0.2) is 13.2 Å². The second-order valence-corrected chi connectivity index (χ2v) is 11.9. The summed E-state index contributed by atoms with van der Waals surface area (Å²) in [6, 6.07) is 5.61. The van der Waals surface area contributed by atoms with Gasteiger partial charge in [-0.3, -0.25) is 9.69 Å². The number of nitrogens with one attached hydrogen (secondary N) is 1. The summed E-state index contributed by atoms with van der Waals surface area (Å²) in [7, 11) is -1.05. The highest BCUT2D eigenvalue weighted by atomic mass is 32.2. The lowest BCUT2D eigenvalue weighted by Crippen LogP contribution is -2.43. The van der Waals surface area contributed by atoms with Crippen LogP contribution in [-0.2, 0) is 32.5 Å². The first-order valence-electron chi connectivity index (χ1n) is 11.6. The molecule has 1 fully saturated rings. The largest absolute Gasteiger partial charge is 0.497 e. The van der Waals surface area contributed by atoms with Gasteiger partial charge < -0.3 is 14.8 Å². The molecule has 3 heterocycles. The molecule has 1 aromatic carbocycles. The van der Waals surface area contributed by atoms with E-state index >= 15 is 0 Å². The summed E-state index contributed by atoms with van der Waals surface area (Å²) in [6.07, 6.45) is 1.66. The van der Waals surface area contributed by atoms with Gasteiger partial charge in [0.05, 0.1) is 24.7 Å². The lowest BCUT2D eigenvalue weighted by molar-refractivity contribution is -0.119. The van der Waals surface area contributed by atoms with E-state index in [9.17, 15) is 18.0 Å². The monoisotopic (exact) mass is 521 g/mol. The molecule has 0 spiro atoms. The summed E-state index contributed by atoms with van der Waals surface area (Å²) >= 11 is 1.37. The Morgan fingerprint density at radius 3 is 2.49 bits per heavy atom. The topological polar surface area (TPSA) is 105 Å². The van der Waals surface area contributed by atoms with Crippen molar-refractivity contribution in [3.8, 4) is 5.75 Å². The Bertz CT molecular complexity index is 1210. The van der Waals surface area contributed by atoms with E-state index in [2.05, 4.69) is 24.1 Å². The highest BCUT2D eigenvalue weighted by Gasteiger charge is 2.40. The van der Waals surface area contributed by atoms with Crippen LogP contribution >= 0.6 is 11.3 Å². The van der Waals surface area contributed by atoms with Crippen LogP contribution in [0.25, 0.3) is 0 Å². The molecule has 1 N–H and O–H groups in total. The highest BCUT2D eigenvalue weighted by Crippen LogP contribution is 2.39. The minimum Gasteiger partial charge on any atom is -0.497 e. The third-order valence-corrected chi connectivity index (χ3v) is 9.67. The lowest BCUT2D eigenvalue weighted by atomic mass is 10.0. The van der Waals surface area contributed by atoms with Gasteiger partial charge in [-0.2, -0.15) is 4.31 Å². The average Bonchev–Trinajstić information content (AvgIpc) is 3.48. The average molecular weight is 522 g/mol. The molecular formula is C24H31N3O6S2. The van der Waals surface area contributed by atoms with Crippen LogP contribution < -0.4 is 10.1 Å². The van der Waals surface area contributed by atoms with Crippen molar-refractivity contribution >= 4 is 38.2 Å². The summed E-state index contributed by atoms with van der Waals surface area (Å²) < 4.78 is 38.0. The number of benzene rings is 1. The number of esters is 1. The summed E-state index contributed by atoms with van der Waals surface area (Å²) in [5, 5.41) is 3.30. The van der Waals surface area contributed by atoms with E-state index in [1.54, 1.807) is 12.1 Å². The molecule has 4 rings (SSSR count). The van der Waals surface area contributed by atoms with Gasteiger partial charge >= 0.3 is 5.97 Å². The first-order chi connectivity index (χ1) is 16.7. The molecule has 2 aromatic rings. The van der Waals surface area contributed by atoms with Crippen molar-refractivity contribution in [3.05, 3.63) is 40.3 Å². The molecule has 0 bridgehead atoms. The Hall–Kier alpha value is -2.47. The van der Waals surface area contributed by atoms with Crippen molar-refractivity contribution in [2.75, 3.05) is 32.6 Å². The Labute approximate surface area is 210 Å². The molecule has 35 heavy (non-hydrogen) atoms. The molecular weight excluding hydrogens is 490 g/mol. The number of hydrogen-bond acceptors (Lipinski definition) is 8. The normalized spacial score (nSPS) is 18.9. The molecule has 1 amide bonds. The smallest absolute Gasteiger partial charge is 0.341 e. The van der Waals surface area contributed by atoms with Crippen LogP contribution in [0, 0.1) is 0 Å². The quantitative estimate of drug-likeness (QED) is 0.558. The van der Waals surface area contributed by atoms with Gasteiger partial charge in [-0.15, -0.1) is 11.3 Å². The zero-order valence-corrected chi connectivity index (χ0v) is 22.0. The van der Waals surface area contributed by atoms with Crippen LogP contribution in [0.5, 0.6) is 5.75 Å². The minimum absolute atomic E-state index is 0.105. The summed E-state index contributed by atoms with van der Waals surface area (Å²) in [5.74, 6) is -0.387. The van der Waals surface area contributed by atoms with Gasteiger partial charge in [0.15, 0.2) is 0 Å². The number of sulfonamides is 1. The third kappa shape index (κ3) is 4.95. The molecule has 2 aliphatic rings. The number of thiophene rings is 1. The van der Waals surface area contributed by atoms with Gasteiger partial charge in [0.2, 0.25) is 15.9 Å². The van der Waals surface area contributed by atoms with Crippen molar-refractivity contribution in [1.29, 1.82) is 0 Å². The number of carbonyl (C=O) groups excluding carboxylic acids is 2. The van der Waals surface area contributed by atoms with E-state index in [0.29, 0.717) is 48.2 Å². The molecule has 9 nitrogen and oxygen atoms in total. The maximum Gasteiger partial charge on any atom is 0.341 e. The molecule has 2 aliphatic heterocycles. The predicted octanol–water partition coefficient (Wildman–Crippen LogP) is 3.10. The molecule has 0 aliphatic carbocycles. The number of anilines is 1. The Morgan fingerprint density at radius 1 is 1.14 bits per heavy atom. The number of hydrogen-bond donors (Lipinski definition) is 1. The molecule has 11 heteroatoms. The predicted molar refractivity (Wildman–Crippen MR) is 133 cm³/mol. The van der Waals surface area contributed by atoms with Gasteiger partial charge in [0, 0.05) is 30.6 Å². The Morgan fingerprint density at radius 2 is 1.86 bits per heavy atom. The number of rotatable bonds is 7. The maximum absolute atomic E-state index is 13.4. The number of fused-ring (bicyclic) bond motifs is 1. The van der Waals surface area contributed by atoms with Crippen LogP contribution in [0.3, 0.4) is 0 Å². The van der Waals surface area contributed by atoms with Crippen molar-refractivity contribution in [2.45, 2.75) is 56.6 Å². The van der Waals surface area contributed by atoms with Crippen LogP contribution in [0.1, 0.15) is 47.5 Å². The van der Waals surface area contributed by atoms with Crippen LogP contribution in [-0.4, -0.2) is 68.9 Å². The van der Waals surface area contributed by atoms with E-state index in [4.69, 9.17) is 9.47 Å². The van der Waals surface area contributed by atoms with Gasteiger partial charge in [-0.05, 0) is 62.9 Å². The van der Waals surface area contributed by atoms with Gasteiger partial charge in [0.25, 0.3) is 0 Å². The van der Waals surface area contributed by atoms with E-state index in [1.807, 2.05) is 0 Å². The fraction of sp³-hybridized carbons (Fsp3) is 0.500. The van der Waals surface area contributed by atoms with Crippen molar-refractivity contribution in [1.82, 2.24) is 9.21 Å². The minimum atomic E-state index is -3.88. The van der Waals surface area contributed by atoms with Crippen LogP contribution in [0.15, 0.2) is 29.2 Å². The van der Waals surface area contributed by atoms with E-state index in [-0.39, 0.29) is 11.4 Å². The number of ether oxygens (including phenoxy) is 2. The summed E-state index contributed by atoms with van der Waals surface area (Å²) in [5.41, 5.74) is 1.29. The van der Waals surface area contributed by atoms with Crippen molar-refractivity contribution < 1.29 is 27.5 Å². The van der Waals surface area contributed by atoms with E-state index < -0.39 is 27.9 Å². The second kappa shape index (κ2) is 10.3. The molecule has 0 radical (unpaired) electrons. The number of nitrogens with zero attached hydrogens (tertiary/aromatic N) is 2. The Kier molecular flexibility index (Phi) is 7.51. The molecule has 0 saturated carbocycles. The number of amides is 1. The standard InChI is InChI=1S/C24H31N3O6S2/c1-15(2)26-13-11-18-20(14-26)34-23(21(18)24(29)33-4)25-22(28)19-6-5-12-27(19)35(30,31)17-9-7-16(32-3)8-10-17/h7-10,15,19H,5-6,11-14H2,1-4H3,(H,25,28). The molecule has 1 unspecified atom stereocenters. The Balaban J connectivity index is 1.60. The fourth-order valence-electron chi connectivity index (χ4n) is 4.64. The van der Waals surface area contributed by atoms with Gasteiger partial charge in [0.1, 0.15) is 16.8 Å².